The van der Waals surface area contributed by atoms with E-state index >= 15 is 0 Å². The fraction of sp³-hybridized carbons (Fsp3) is 0.628. The first-order valence-electron chi connectivity index (χ1n) is 20.4. The van der Waals surface area contributed by atoms with Gasteiger partial charge in [0, 0.05) is 24.9 Å². The summed E-state index contributed by atoms with van der Waals surface area (Å²) in [5, 5.41) is 31.3. The largest absolute Gasteiger partial charge is 0.389 e. The van der Waals surface area contributed by atoms with Crippen molar-refractivity contribution in [1.29, 1.82) is 0 Å². The van der Waals surface area contributed by atoms with Gasteiger partial charge in [-0.2, -0.15) is 0 Å². The molecule has 0 spiro atoms. The molecule has 2 fully saturated rings. The van der Waals surface area contributed by atoms with E-state index < -0.39 is 42.1 Å². The number of benzene rings is 2. The van der Waals surface area contributed by atoms with E-state index in [1.807, 2.05) is 88.4 Å². The Bertz CT molecular complexity index is 1320. The highest BCUT2D eigenvalue weighted by Crippen LogP contribution is 2.17. The van der Waals surface area contributed by atoms with Crippen molar-refractivity contribution < 1.29 is 24.3 Å². The van der Waals surface area contributed by atoms with Gasteiger partial charge in [-0.05, 0) is 87.4 Å². The maximum Gasteiger partial charge on any atom is 0.243 e. The predicted molar refractivity (Wildman–Crippen MR) is 213 cm³/mol. The van der Waals surface area contributed by atoms with Crippen molar-refractivity contribution >= 4 is 23.6 Å². The number of piperidine rings is 2. The van der Waals surface area contributed by atoms with Gasteiger partial charge in [-0.25, -0.2) is 0 Å². The molecule has 0 bridgehead atoms. The Hall–Kier alpha value is -3.80. The molecule has 11 heteroatoms. The first kappa shape index (κ1) is 42.9. The van der Waals surface area contributed by atoms with Gasteiger partial charge in [0.05, 0.1) is 18.2 Å². The predicted octanol–water partition coefficient (Wildman–Crippen LogP) is 3.93. The summed E-state index contributed by atoms with van der Waals surface area (Å²) in [5.41, 5.74) is 1.80. The van der Waals surface area contributed by atoms with Crippen molar-refractivity contribution in [2.75, 3.05) is 13.1 Å². The summed E-state index contributed by atoms with van der Waals surface area (Å²) >= 11 is 0. The fourth-order valence-electron chi connectivity index (χ4n) is 7.59. The van der Waals surface area contributed by atoms with Crippen LogP contribution in [0.4, 0.5) is 0 Å². The molecule has 4 unspecified atom stereocenters. The fourth-order valence-corrected chi connectivity index (χ4v) is 7.59. The number of hydrogen-bond acceptors (Lipinski definition) is 7. The Morgan fingerprint density at radius 2 is 1.00 bits per heavy atom. The first-order valence-corrected chi connectivity index (χ1v) is 20.4. The number of rotatable bonds is 20. The lowest BCUT2D eigenvalue weighted by Crippen LogP contribution is -2.61. The molecule has 2 aliphatic rings. The second-order valence-electron chi connectivity index (χ2n) is 16.0. The molecule has 0 aliphatic carbocycles. The number of aliphatic hydroxyl groups excluding tert-OH is 1. The van der Waals surface area contributed by atoms with Crippen molar-refractivity contribution in [3.63, 3.8) is 0 Å². The molecule has 4 amide bonds. The molecule has 54 heavy (non-hydrogen) atoms. The van der Waals surface area contributed by atoms with Crippen molar-refractivity contribution in [1.82, 2.24) is 31.9 Å². The van der Waals surface area contributed by atoms with E-state index in [2.05, 4.69) is 31.9 Å². The van der Waals surface area contributed by atoms with Crippen molar-refractivity contribution in [2.45, 2.75) is 147 Å². The zero-order valence-corrected chi connectivity index (χ0v) is 32.9. The summed E-state index contributed by atoms with van der Waals surface area (Å²) in [7, 11) is 0. The summed E-state index contributed by atoms with van der Waals surface area (Å²) in [6, 6.07) is 16.5. The third-order valence-electron chi connectivity index (χ3n) is 10.9. The van der Waals surface area contributed by atoms with E-state index in [1.54, 1.807) is 0 Å². The number of carbonyl (C=O) groups is 4. The Morgan fingerprint density at radius 3 is 1.33 bits per heavy atom. The summed E-state index contributed by atoms with van der Waals surface area (Å²) < 4.78 is 0. The molecule has 298 valence electrons. The molecular formula is C43H66N6O5. The third kappa shape index (κ3) is 14.5. The smallest absolute Gasteiger partial charge is 0.243 e. The minimum atomic E-state index is -1.22. The Kier molecular flexibility index (Phi) is 17.9. The van der Waals surface area contributed by atoms with E-state index in [0.29, 0.717) is 50.6 Å². The van der Waals surface area contributed by atoms with Gasteiger partial charge in [0.2, 0.25) is 23.6 Å². The highest BCUT2D eigenvalue weighted by atomic mass is 16.3. The van der Waals surface area contributed by atoms with Crippen LogP contribution < -0.4 is 31.9 Å². The normalized spacial score (nSPS) is 20.3. The average molecular weight is 747 g/mol. The number of nitrogens with one attached hydrogen (secondary N) is 6. The standard InChI is InChI=1S/C43H66N6O5/c1-29(2)39(48-37(50)23-21-33-19-11-13-25-44-33)42(53)46-35(27-31-15-7-5-8-16-31)41(52)36(28-32-17-9-6-10-18-32)47-43(54)40(30(3)4)49-38(51)24-22-34-20-12-14-26-45-34/h5-10,15-18,29-30,33-36,39-41,44-45,52H,11-14,19-28H2,1-4H3,(H,46,53)(H,47,54)(H,48,50)(H,49,51)/t33?,34?,35-,36?,39-,40-,41?/m0/s1. The van der Waals surface area contributed by atoms with Crippen LogP contribution in [0.1, 0.15) is 103 Å². The van der Waals surface area contributed by atoms with E-state index in [-0.39, 0.29) is 23.7 Å². The van der Waals surface area contributed by atoms with Gasteiger partial charge < -0.3 is 37.0 Å². The quantitative estimate of drug-likeness (QED) is 0.108. The first-order chi connectivity index (χ1) is 26.0. The van der Waals surface area contributed by atoms with Gasteiger partial charge in [0.15, 0.2) is 0 Å². The zero-order chi connectivity index (χ0) is 38.9. The number of aliphatic hydroxyl groups is 1. The monoisotopic (exact) mass is 747 g/mol. The second kappa shape index (κ2) is 22.5. The van der Waals surface area contributed by atoms with Crippen LogP contribution in [0, 0.1) is 11.8 Å². The lowest BCUT2D eigenvalue weighted by Gasteiger charge is -2.34. The van der Waals surface area contributed by atoms with Crippen LogP contribution in [-0.2, 0) is 32.0 Å². The van der Waals surface area contributed by atoms with Crippen LogP contribution in [-0.4, -0.2) is 84.2 Å². The molecular weight excluding hydrogens is 681 g/mol. The van der Waals surface area contributed by atoms with Gasteiger partial charge in [-0.1, -0.05) is 101 Å². The summed E-state index contributed by atoms with van der Waals surface area (Å²) in [6.45, 7) is 9.48. The number of hydrogen-bond donors (Lipinski definition) is 7. The van der Waals surface area contributed by atoms with Crippen molar-refractivity contribution in [2.24, 2.45) is 11.8 Å². The summed E-state index contributed by atoms with van der Waals surface area (Å²) in [6.07, 6.45) is 8.12. The van der Waals surface area contributed by atoms with Crippen LogP contribution in [0.15, 0.2) is 60.7 Å². The van der Waals surface area contributed by atoms with Gasteiger partial charge in [-0.3, -0.25) is 19.2 Å². The molecule has 7 atom stereocenters. The zero-order valence-electron chi connectivity index (χ0n) is 32.9. The van der Waals surface area contributed by atoms with Gasteiger partial charge in [-0.15, -0.1) is 0 Å². The maximum atomic E-state index is 14.0. The Balaban J connectivity index is 1.51. The molecule has 4 rings (SSSR count). The molecule has 2 saturated heterocycles. The van der Waals surface area contributed by atoms with Crippen LogP contribution in [0.2, 0.25) is 0 Å². The van der Waals surface area contributed by atoms with Crippen LogP contribution in [0.5, 0.6) is 0 Å². The van der Waals surface area contributed by atoms with E-state index in [0.717, 1.165) is 62.7 Å². The van der Waals surface area contributed by atoms with E-state index in [4.69, 9.17) is 0 Å². The minimum Gasteiger partial charge on any atom is -0.389 e. The maximum absolute atomic E-state index is 14.0. The molecule has 2 aromatic rings. The van der Waals surface area contributed by atoms with Crippen molar-refractivity contribution in [3.8, 4) is 0 Å². The van der Waals surface area contributed by atoms with Crippen molar-refractivity contribution in [3.05, 3.63) is 71.8 Å². The Morgan fingerprint density at radius 1 is 0.611 bits per heavy atom. The van der Waals surface area contributed by atoms with E-state index in [1.165, 1.54) is 0 Å². The molecule has 2 heterocycles. The van der Waals surface area contributed by atoms with Gasteiger partial charge in [0.1, 0.15) is 12.1 Å². The van der Waals surface area contributed by atoms with Crippen LogP contribution in [0.25, 0.3) is 0 Å². The minimum absolute atomic E-state index is 0.178. The van der Waals surface area contributed by atoms with E-state index in [9.17, 15) is 24.3 Å². The third-order valence-corrected chi connectivity index (χ3v) is 10.9. The SMILES string of the molecule is CC(C)[C@H](NC(=O)CCC1CCCCN1)C(=O)NC(Cc1ccccc1)C(O)[C@H](Cc1ccccc1)NC(=O)[C@@H](NC(=O)CCC1CCCCN1)C(C)C. The highest BCUT2D eigenvalue weighted by molar-refractivity contribution is 5.89. The average Bonchev–Trinajstić information content (AvgIpc) is 3.17. The topological polar surface area (TPSA) is 161 Å². The molecule has 11 nitrogen and oxygen atoms in total. The molecule has 0 aromatic heterocycles. The lowest BCUT2D eigenvalue weighted by atomic mass is 9.91. The van der Waals surface area contributed by atoms with Gasteiger partial charge >= 0.3 is 0 Å². The number of carbonyl (C=O) groups excluding carboxylic acids is 4. The number of amides is 4. The Labute approximate surface area is 323 Å². The van der Waals surface area contributed by atoms with Crippen LogP contribution in [0.3, 0.4) is 0 Å². The lowest BCUT2D eigenvalue weighted by molar-refractivity contribution is -0.132. The molecule has 2 aromatic carbocycles. The van der Waals surface area contributed by atoms with Gasteiger partial charge in [0.25, 0.3) is 0 Å². The summed E-state index contributed by atoms with van der Waals surface area (Å²) in [4.78, 5) is 54.3. The molecule has 0 saturated carbocycles. The molecule has 7 N–H and O–H groups in total. The molecule has 2 aliphatic heterocycles. The van der Waals surface area contributed by atoms with Crippen LogP contribution >= 0.6 is 0 Å². The second-order valence-corrected chi connectivity index (χ2v) is 16.0. The summed E-state index contributed by atoms with van der Waals surface area (Å²) in [5.74, 6) is -1.55. The molecule has 0 radical (unpaired) electrons. The highest BCUT2D eigenvalue weighted by Gasteiger charge is 2.35.